The Morgan fingerprint density at radius 3 is 2.09 bits per heavy atom. The average Bonchev–Trinajstić information content (AvgIpc) is 3.30. The third-order valence-electron chi connectivity index (χ3n) is 4.38. The van der Waals surface area contributed by atoms with Gasteiger partial charge in [0.2, 0.25) is 15.0 Å². The van der Waals surface area contributed by atoms with E-state index in [2.05, 4.69) is 15.1 Å². The van der Waals surface area contributed by atoms with Crippen molar-refractivity contribution in [3.05, 3.63) is 41.3 Å². The number of ether oxygens (including phenoxy) is 1. The molecular formula is C18H15F6N5O4S. The van der Waals surface area contributed by atoms with E-state index in [4.69, 9.17) is 4.74 Å². The normalized spacial score (nSPS) is 12.7. The maximum atomic E-state index is 13.2. The first kappa shape index (κ1) is 25.2. The zero-order valence-corrected chi connectivity index (χ0v) is 18.4. The number of benzene rings is 1. The molecule has 0 unspecified atom stereocenters. The fourth-order valence-electron chi connectivity index (χ4n) is 2.98. The van der Waals surface area contributed by atoms with Crippen LogP contribution in [0.25, 0.3) is 17.2 Å². The molecule has 0 bridgehead atoms. The van der Waals surface area contributed by atoms with E-state index in [-0.39, 0.29) is 18.5 Å². The van der Waals surface area contributed by atoms with Crippen LogP contribution in [0.4, 0.5) is 26.3 Å². The standard InChI is InChI=1S/C18H15F6N5O4S/c1-4-33-15(30)12-14(28(2)16(26-12)34(3,31)32)29-8-25-13(27-29)9-5-10(17(19,20)21)7-11(6-9)18(22,23)24/h5-8H,4H2,1-3H3. The summed E-state index contributed by atoms with van der Waals surface area (Å²) >= 11 is 0. The lowest BCUT2D eigenvalue weighted by molar-refractivity contribution is -0.143. The summed E-state index contributed by atoms with van der Waals surface area (Å²) in [7, 11) is -2.73. The second kappa shape index (κ2) is 8.41. The largest absolute Gasteiger partial charge is 0.461 e. The highest BCUT2D eigenvalue weighted by Crippen LogP contribution is 2.38. The minimum atomic E-state index is -5.08. The number of hydrogen-bond donors (Lipinski definition) is 0. The Labute approximate surface area is 187 Å². The van der Waals surface area contributed by atoms with Crippen molar-refractivity contribution in [1.29, 1.82) is 0 Å². The van der Waals surface area contributed by atoms with Gasteiger partial charge in [-0.05, 0) is 25.1 Å². The minimum Gasteiger partial charge on any atom is -0.461 e. The van der Waals surface area contributed by atoms with Crippen molar-refractivity contribution in [2.45, 2.75) is 24.4 Å². The quantitative estimate of drug-likeness (QED) is 0.382. The van der Waals surface area contributed by atoms with Crippen LogP contribution in [-0.2, 0) is 34.0 Å². The molecule has 34 heavy (non-hydrogen) atoms. The first-order valence-corrected chi connectivity index (χ1v) is 11.1. The van der Waals surface area contributed by atoms with Crippen molar-refractivity contribution in [2.24, 2.45) is 7.05 Å². The topological polar surface area (TPSA) is 109 Å². The van der Waals surface area contributed by atoms with Gasteiger partial charge in [-0.1, -0.05) is 0 Å². The fourth-order valence-corrected chi connectivity index (χ4v) is 3.82. The Morgan fingerprint density at radius 2 is 1.62 bits per heavy atom. The molecule has 0 radical (unpaired) electrons. The summed E-state index contributed by atoms with van der Waals surface area (Å²) in [5.74, 6) is -1.85. The first-order valence-electron chi connectivity index (χ1n) is 9.19. The van der Waals surface area contributed by atoms with Crippen LogP contribution in [0.1, 0.15) is 28.5 Å². The lowest BCUT2D eigenvalue weighted by Gasteiger charge is -2.13. The molecule has 0 fully saturated rings. The molecule has 0 aliphatic rings. The van der Waals surface area contributed by atoms with Crippen molar-refractivity contribution >= 4 is 15.8 Å². The van der Waals surface area contributed by atoms with Crippen molar-refractivity contribution in [1.82, 2.24) is 24.3 Å². The molecule has 3 rings (SSSR count). The molecule has 184 valence electrons. The second-order valence-electron chi connectivity index (χ2n) is 6.93. The zero-order valence-electron chi connectivity index (χ0n) is 17.6. The number of nitrogens with zero attached hydrogens (tertiary/aromatic N) is 5. The van der Waals surface area contributed by atoms with E-state index in [1.807, 2.05) is 0 Å². The van der Waals surface area contributed by atoms with Gasteiger partial charge in [0.15, 0.2) is 17.3 Å². The molecule has 0 spiro atoms. The molecule has 16 heteroatoms. The van der Waals surface area contributed by atoms with Crippen molar-refractivity contribution in [3.8, 4) is 17.2 Å². The lowest BCUT2D eigenvalue weighted by Crippen LogP contribution is -2.13. The molecule has 2 heterocycles. The minimum absolute atomic E-state index is 0.0428. The maximum absolute atomic E-state index is 13.2. The number of esters is 1. The Morgan fingerprint density at radius 1 is 1.06 bits per heavy atom. The predicted octanol–water partition coefficient (Wildman–Crippen LogP) is 3.29. The Kier molecular flexibility index (Phi) is 6.23. The highest BCUT2D eigenvalue weighted by molar-refractivity contribution is 7.90. The molecule has 0 saturated heterocycles. The summed E-state index contributed by atoms with van der Waals surface area (Å²) in [5.41, 5.74) is -4.24. The summed E-state index contributed by atoms with van der Waals surface area (Å²) in [6.07, 6.45) is -8.46. The van der Waals surface area contributed by atoms with Crippen LogP contribution in [0.15, 0.2) is 29.7 Å². The van der Waals surface area contributed by atoms with Gasteiger partial charge < -0.3 is 9.30 Å². The zero-order chi connectivity index (χ0) is 25.6. The molecular weight excluding hydrogens is 496 g/mol. The molecule has 0 aliphatic carbocycles. The van der Waals surface area contributed by atoms with E-state index >= 15 is 0 Å². The van der Waals surface area contributed by atoms with Crippen molar-refractivity contribution < 1.29 is 44.3 Å². The molecule has 0 N–H and O–H groups in total. The van der Waals surface area contributed by atoms with Gasteiger partial charge in [-0.3, -0.25) is 0 Å². The molecule has 0 saturated carbocycles. The monoisotopic (exact) mass is 511 g/mol. The fraction of sp³-hybridized carbons (Fsp3) is 0.333. The van der Waals surface area contributed by atoms with Gasteiger partial charge in [0.25, 0.3) is 0 Å². The third kappa shape index (κ3) is 4.90. The van der Waals surface area contributed by atoms with Gasteiger partial charge >= 0.3 is 18.3 Å². The number of hydrogen-bond acceptors (Lipinski definition) is 7. The summed E-state index contributed by atoms with van der Waals surface area (Å²) in [6, 6.07) is 0.831. The number of alkyl halides is 6. The van der Waals surface area contributed by atoms with E-state index in [1.54, 1.807) is 0 Å². The van der Waals surface area contributed by atoms with Crippen LogP contribution >= 0.6 is 0 Å². The highest BCUT2D eigenvalue weighted by Gasteiger charge is 2.37. The SMILES string of the molecule is CCOC(=O)c1nc(S(C)(=O)=O)n(C)c1-n1cnc(-c2cc(C(F)(F)F)cc(C(F)(F)F)c2)n1. The van der Waals surface area contributed by atoms with E-state index in [0.29, 0.717) is 12.1 Å². The van der Waals surface area contributed by atoms with Gasteiger partial charge in [0, 0.05) is 18.9 Å². The smallest absolute Gasteiger partial charge is 0.416 e. The van der Waals surface area contributed by atoms with E-state index in [1.165, 1.54) is 14.0 Å². The van der Waals surface area contributed by atoms with Gasteiger partial charge in [0.1, 0.15) is 6.33 Å². The Balaban J connectivity index is 2.21. The molecule has 0 aliphatic heterocycles. The molecule has 0 atom stereocenters. The van der Waals surface area contributed by atoms with Gasteiger partial charge in [-0.25, -0.2) is 27.9 Å². The van der Waals surface area contributed by atoms with E-state index < -0.39 is 61.5 Å². The van der Waals surface area contributed by atoms with Crippen LogP contribution in [-0.4, -0.2) is 51.6 Å². The number of carbonyl (C=O) groups excluding carboxylic acids is 1. The van der Waals surface area contributed by atoms with Crippen LogP contribution < -0.4 is 0 Å². The van der Waals surface area contributed by atoms with E-state index in [0.717, 1.165) is 21.8 Å². The molecule has 0 amide bonds. The van der Waals surface area contributed by atoms with Gasteiger partial charge in [-0.2, -0.15) is 26.3 Å². The van der Waals surface area contributed by atoms with Crippen LogP contribution in [0.3, 0.4) is 0 Å². The van der Waals surface area contributed by atoms with Gasteiger partial charge in [-0.15, -0.1) is 5.10 Å². The molecule has 2 aromatic heterocycles. The Bertz CT molecular complexity index is 1330. The second-order valence-corrected chi connectivity index (χ2v) is 8.84. The summed E-state index contributed by atoms with van der Waals surface area (Å²) in [5, 5.41) is 3.31. The lowest BCUT2D eigenvalue weighted by atomic mass is 10.0. The summed E-state index contributed by atoms with van der Waals surface area (Å²) < 4.78 is 110. The van der Waals surface area contributed by atoms with Crippen molar-refractivity contribution in [2.75, 3.05) is 12.9 Å². The number of sulfone groups is 1. The number of aromatic nitrogens is 5. The molecule has 1 aromatic carbocycles. The van der Waals surface area contributed by atoms with Crippen LogP contribution in [0, 0.1) is 0 Å². The predicted molar refractivity (Wildman–Crippen MR) is 103 cm³/mol. The average molecular weight is 511 g/mol. The summed E-state index contributed by atoms with van der Waals surface area (Å²) in [6.45, 7) is 1.40. The first-order chi connectivity index (χ1) is 15.5. The summed E-state index contributed by atoms with van der Waals surface area (Å²) in [4.78, 5) is 19.8. The third-order valence-corrected chi connectivity index (χ3v) is 5.41. The number of imidazole rings is 1. The van der Waals surface area contributed by atoms with Crippen molar-refractivity contribution in [3.63, 3.8) is 0 Å². The highest BCUT2D eigenvalue weighted by atomic mass is 32.2. The van der Waals surface area contributed by atoms with E-state index in [9.17, 15) is 39.6 Å². The molecule has 9 nitrogen and oxygen atoms in total. The van der Waals surface area contributed by atoms with Gasteiger partial charge in [0.05, 0.1) is 17.7 Å². The number of rotatable bonds is 5. The Hall–Kier alpha value is -3.43. The maximum Gasteiger partial charge on any atom is 0.416 e. The number of carbonyl (C=O) groups is 1. The van der Waals surface area contributed by atoms with Crippen LogP contribution in [0.5, 0.6) is 0 Å². The number of halogens is 6. The molecule has 3 aromatic rings. The van der Waals surface area contributed by atoms with Crippen LogP contribution in [0.2, 0.25) is 0 Å².